The van der Waals surface area contributed by atoms with Gasteiger partial charge in [0.15, 0.2) is 0 Å². The molecule has 3 heterocycles. The fourth-order valence-corrected chi connectivity index (χ4v) is 4.94. The zero-order valence-corrected chi connectivity index (χ0v) is 19.0. The van der Waals surface area contributed by atoms with Crippen molar-refractivity contribution < 1.29 is 14.3 Å². The Morgan fingerprint density at radius 2 is 1.85 bits per heavy atom. The van der Waals surface area contributed by atoms with Crippen LogP contribution in [0.5, 0.6) is 0 Å². The first-order valence-corrected chi connectivity index (χ1v) is 11.3. The molecular formula is C26H28N4O3. The van der Waals surface area contributed by atoms with E-state index in [4.69, 9.17) is 9.84 Å². The van der Waals surface area contributed by atoms with Gasteiger partial charge in [0, 0.05) is 29.9 Å². The Balaban J connectivity index is 1.36. The van der Waals surface area contributed by atoms with Gasteiger partial charge in [-0.2, -0.15) is 5.10 Å². The molecule has 0 spiro atoms. The third-order valence-corrected chi connectivity index (χ3v) is 6.62. The minimum Gasteiger partial charge on any atom is -0.377 e. The van der Waals surface area contributed by atoms with E-state index in [-0.39, 0.29) is 24.4 Å². The second-order valence-electron chi connectivity index (χ2n) is 8.72. The summed E-state index contributed by atoms with van der Waals surface area (Å²) in [5.74, 6) is -0.133. The maximum Gasteiger partial charge on any atom is 0.254 e. The molecule has 0 N–H and O–H groups in total. The Bertz CT molecular complexity index is 1190. The number of aromatic nitrogens is 2. The molecule has 0 aliphatic carbocycles. The number of amides is 2. The zero-order valence-electron chi connectivity index (χ0n) is 19.0. The van der Waals surface area contributed by atoms with Crippen LogP contribution in [0.25, 0.3) is 0 Å². The summed E-state index contributed by atoms with van der Waals surface area (Å²) in [5.41, 5.74) is 5.82. The van der Waals surface area contributed by atoms with E-state index in [1.54, 1.807) is 4.90 Å². The molecule has 33 heavy (non-hydrogen) atoms. The number of benzene rings is 2. The lowest BCUT2D eigenvalue weighted by atomic mass is 10.0. The Labute approximate surface area is 193 Å². The van der Waals surface area contributed by atoms with Crippen molar-refractivity contribution in [3.63, 3.8) is 0 Å². The number of ether oxygens (including phenoxy) is 1. The van der Waals surface area contributed by atoms with Crippen molar-refractivity contribution in [2.75, 3.05) is 26.3 Å². The first-order chi connectivity index (χ1) is 16.0. The van der Waals surface area contributed by atoms with Crippen molar-refractivity contribution >= 4 is 11.8 Å². The largest absolute Gasteiger partial charge is 0.377 e. The summed E-state index contributed by atoms with van der Waals surface area (Å²) in [7, 11) is 0. The highest BCUT2D eigenvalue weighted by molar-refractivity contribution is 6.00. The van der Waals surface area contributed by atoms with Gasteiger partial charge in [-0.15, -0.1) is 0 Å². The van der Waals surface area contributed by atoms with Crippen LogP contribution in [-0.4, -0.2) is 57.7 Å². The molecule has 1 unspecified atom stereocenters. The average Bonchev–Trinajstić information content (AvgIpc) is 3.29. The second kappa shape index (κ2) is 8.83. The van der Waals surface area contributed by atoms with Crippen molar-refractivity contribution in [2.24, 2.45) is 0 Å². The number of carbonyl (C=O) groups excluding carboxylic acids is 2. The van der Waals surface area contributed by atoms with E-state index in [2.05, 4.69) is 19.1 Å². The lowest BCUT2D eigenvalue weighted by Crippen LogP contribution is -2.48. The van der Waals surface area contributed by atoms with Crippen LogP contribution in [-0.2, 0) is 22.6 Å². The zero-order chi connectivity index (χ0) is 22.9. The monoisotopic (exact) mass is 444 g/mol. The Morgan fingerprint density at radius 3 is 2.64 bits per heavy atom. The van der Waals surface area contributed by atoms with E-state index in [9.17, 15) is 9.59 Å². The summed E-state index contributed by atoms with van der Waals surface area (Å²) >= 11 is 0. The Hall–Kier alpha value is -3.45. The molecule has 2 aliphatic heterocycles. The standard InChI is InChI=1S/C26H28N4O3/c1-18-25(19(2)30(27-18)14-20-8-4-3-5-9-20)23-17-33-13-12-29(23)24(31)16-28-15-21-10-6-7-11-22(21)26(28)32/h3-11,23H,12-17H2,1-2H3. The lowest BCUT2D eigenvalue weighted by Gasteiger charge is -2.37. The quantitative estimate of drug-likeness (QED) is 0.607. The van der Waals surface area contributed by atoms with E-state index in [0.29, 0.717) is 38.4 Å². The maximum atomic E-state index is 13.4. The van der Waals surface area contributed by atoms with Gasteiger partial charge in [-0.1, -0.05) is 48.5 Å². The van der Waals surface area contributed by atoms with Crippen LogP contribution >= 0.6 is 0 Å². The molecule has 1 fully saturated rings. The Morgan fingerprint density at radius 1 is 1.09 bits per heavy atom. The molecule has 2 aliphatic rings. The summed E-state index contributed by atoms with van der Waals surface area (Å²) < 4.78 is 7.78. The van der Waals surface area contributed by atoms with Gasteiger partial charge in [-0.05, 0) is 31.0 Å². The number of morpholine rings is 1. The third-order valence-electron chi connectivity index (χ3n) is 6.62. The summed E-state index contributed by atoms with van der Waals surface area (Å²) in [4.78, 5) is 29.7. The number of aryl methyl sites for hydroxylation is 1. The number of fused-ring (bicyclic) bond motifs is 1. The van der Waals surface area contributed by atoms with Crippen LogP contribution < -0.4 is 0 Å². The fourth-order valence-electron chi connectivity index (χ4n) is 4.94. The van der Waals surface area contributed by atoms with Gasteiger partial charge in [0.2, 0.25) is 5.91 Å². The number of nitrogens with zero attached hydrogens (tertiary/aromatic N) is 4. The molecule has 5 rings (SSSR count). The van der Waals surface area contributed by atoms with Crippen LogP contribution in [0.4, 0.5) is 0 Å². The van der Waals surface area contributed by atoms with Crippen molar-refractivity contribution in [3.05, 3.63) is 88.2 Å². The number of carbonyl (C=O) groups is 2. The van der Waals surface area contributed by atoms with E-state index in [0.717, 1.165) is 22.5 Å². The molecule has 1 atom stereocenters. The molecule has 2 aromatic carbocycles. The molecule has 2 amide bonds. The summed E-state index contributed by atoms with van der Waals surface area (Å²) in [6.45, 7) is 6.68. The molecule has 0 radical (unpaired) electrons. The molecule has 7 heteroatoms. The lowest BCUT2D eigenvalue weighted by molar-refractivity contribution is -0.141. The highest BCUT2D eigenvalue weighted by atomic mass is 16.5. The first kappa shape index (κ1) is 21.4. The third kappa shape index (κ3) is 4.04. The minimum atomic E-state index is -0.212. The molecular weight excluding hydrogens is 416 g/mol. The number of rotatable bonds is 5. The van der Waals surface area contributed by atoms with Gasteiger partial charge in [0.05, 0.1) is 31.5 Å². The number of hydrogen-bond donors (Lipinski definition) is 0. The van der Waals surface area contributed by atoms with E-state index in [1.807, 2.05) is 59.0 Å². The molecule has 0 saturated carbocycles. The van der Waals surface area contributed by atoms with Crippen LogP contribution in [0, 0.1) is 13.8 Å². The van der Waals surface area contributed by atoms with Crippen LogP contribution in [0.2, 0.25) is 0 Å². The van der Waals surface area contributed by atoms with Crippen LogP contribution in [0.1, 0.15) is 44.5 Å². The van der Waals surface area contributed by atoms with E-state index >= 15 is 0 Å². The predicted octanol–water partition coefficient (Wildman–Crippen LogP) is 3.10. The van der Waals surface area contributed by atoms with Gasteiger partial charge >= 0.3 is 0 Å². The van der Waals surface area contributed by atoms with Crippen molar-refractivity contribution in [3.8, 4) is 0 Å². The normalized spacial score (nSPS) is 18.0. The van der Waals surface area contributed by atoms with Crippen molar-refractivity contribution in [2.45, 2.75) is 33.0 Å². The van der Waals surface area contributed by atoms with Gasteiger partial charge in [0.1, 0.15) is 6.54 Å². The minimum absolute atomic E-state index is 0.0564. The maximum absolute atomic E-state index is 13.4. The second-order valence-corrected chi connectivity index (χ2v) is 8.72. The molecule has 7 nitrogen and oxygen atoms in total. The fraction of sp³-hybridized carbons (Fsp3) is 0.346. The average molecular weight is 445 g/mol. The highest BCUT2D eigenvalue weighted by Crippen LogP contribution is 2.31. The topological polar surface area (TPSA) is 67.7 Å². The molecule has 0 bridgehead atoms. The predicted molar refractivity (Wildman–Crippen MR) is 124 cm³/mol. The van der Waals surface area contributed by atoms with Crippen molar-refractivity contribution in [1.29, 1.82) is 0 Å². The Kier molecular flexibility index (Phi) is 5.72. The molecule has 3 aromatic rings. The number of hydrogen-bond acceptors (Lipinski definition) is 4. The van der Waals surface area contributed by atoms with E-state index < -0.39 is 0 Å². The van der Waals surface area contributed by atoms with Crippen molar-refractivity contribution in [1.82, 2.24) is 19.6 Å². The van der Waals surface area contributed by atoms with Crippen LogP contribution in [0.3, 0.4) is 0 Å². The summed E-state index contributed by atoms with van der Waals surface area (Å²) in [6.07, 6.45) is 0. The van der Waals surface area contributed by atoms with Crippen LogP contribution in [0.15, 0.2) is 54.6 Å². The summed E-state index contributed by atoms with van der Waals surface area (Å²) in [5, 5.41) is 4.78. The highest BCUT2D eigenvalue weighted by Gasteiger charge is 2.35. The molecule has 170 valence electrons. The molecule has 1 aromatic heterocycles. The van der Waals surface area contributed by atoms with E-state index in [1.165, 1.54) is 5.56 Å². The van der Waals surface area contributed by atoms with Gasteiger partial charge in [-0.25, -0.2) is 0 Å². The van der Waals surface area contributed by atoms with Gasteiger partial charge < -0.3 is 14.5 Å². The SMILES string of the molecule is Cc1nn(Cc2ccccc2)c(C)c1C1COCCN1C(=O)CN1Cc2ccccc2C1=O. The summed E-state index contributed by atoms with van der Waals surface area (Å²) in [6, 6.07) is 17.6. The van der Waals surface area contributed by atoms with Gasteiger partial charge in [0.25, 0.3) is 5.91 Å². The smallest absolute Gasteiger partial charge is 0.254 e. The van der Waals surface area contributed by atoms with Gasteiger partial charge in [-0.3, -0.25) is 14.3 Å². The molecule has 1 saturated heterocycles. The first-order valence-electron chi connectivity index (χ1n) is 11.3.